The minimum Gasteiger partial charge on any atom is -0.374 e. The van der Waals surface area contributed by atoms with Gasteiger partial charge in [-0.3, -0.25) is 9.59 Å². The van der Waals surface area contributed by atoms with Gasteiger partial charge in [0.25, 0.3) is 0 Å². The molecule has 0 fully saturated rings. The summed E-state index contributed by atoms with van der Waals surface area (Å²) in [6, 6.07) is 6.35. The molecule has 0 saturated heterocycles. The van der Waals surface area contributed by atoms with Crippen molar-refractivity contribution in [1.29, 1.82) is 0 Å². The molecule has 0 aliphatic heterocycles. The number of benzene rings is 1. The zero-order valence-electron chi connectivity index (χ0n) is 9.99. The van der Waals surface area contributed by atoms with Crippen molar-refractivity contribution in [3.05, 3.63) is 29.8 Å². The van der Waals surface area contributed by atoms with Gasteiger partial charge in [-0.05, 0) is 38.1 Å². The fourth-order valence-electron chi connectivity index (χ4n) is 1.37. The Hall–Kier alpha value is -2.04. The van der Waals surface area contributed by atoms with Crippen molar-refractivity contribution < 1.29 is 9.59 Å². The SMILES string of the molecule is CCNC(=O)C(C)Nc1ccc(C(N)=O)cc1. The lowest BCUT2D eigenvalue weighted by Crippen LogP contribution is -2.37. The van der Waals surface area contributed by atoms with Crippen LogP contribution in [0, 0.1) is 0 Å². The van der Waals surface area contributed by atoms with Crippen LogP contribution in [0.4, 0.5) is 5.69 Å². The summed E-state index contributed by atoms with van der Waals surface area (Å²) in [5, 5.41) is 5.75. The van der Waals surface area contributed by atoms with Gasteiger partial charge >= 0.3 is 0 Å². The number of carbonyl (C=O) groups is 2. The summed E-state index contributed by atoms with van der Waals surface area (Å²) in [7, 11) is 0. The van der Waals surface area contributed by atoms with Crippen LogP contribution in [0.15, 0.2) is 24.3 Å². The van der Waals surface area contributed by atoms with Crippen LogP contribution in [0.25, 0.3) is 0 Å². The molecule has 1 atom stereocenters. The Morgan fingerprint density at radius 2 is 1.88 bits per heavy atom. The van der Waals surface area contributed by atoms with Gasteiger partial charge in [-0.2, -0.15) is 0 Å². The molecule has 0 aliphatic carbocycles. The number of anilines is 1. The van der Waals surface area contributed by atoms with Gasteiger partial charge in [-0.25, -0.2) is 0 Å². The molecule has 0 bridgehead atoms. The van der Waals surface area contributed by atoms with Crippen LogP contribution in [0.2, 0.25) is 0 Å². The molecule has 0 aromatic heterocycles. The van der Waals surface area contributed by atoms with E-state index in [1.807, 2.05) is 6.92 Å². The molecule has 17 heavy (non-hydrogen) atoms. The van der Waals surface area contributed by atoms with E-state index in [0.29, 0.717) is 12.1 Å². The Labute approximate surface area is 100 Å². The first-order valence-electron chi connectivity index (χ1n) is 5.48. The smallest absolute Gasteiger partial charge is 0.248 e. The topological polar surface area (TPSA) is 84.2 Å². The maximum Gasteiger partial charge on any atom is 0.248 e. The molecule has 0 aliphatic rings. The molecule has 0 radical (unpaired) electrons. The van der Waals surface area contributed by atoms with E-state index in [1.54, 1.807) is 31.2 Å². The number of hydrogen-bond acceptors (Lipinski definition) is 3. The number of hydrogen-bond donors (Lipinski definition) is 3. The summed E-state index contributed by atoms with van der Waals surface area (Å²) in [5.41, 5.74) is 6.35. The van der Waals surface area contributed by atoms with Crippen molar-refractivity contribution in [3.8, 4) is 0 Å². The second kappa shape index (κ2) is 5.89. The fraction of sp³-hybridized carbons (Fsp3) is 0.333. The Bertz CT molecular complexity index is 401. The van der Waals surface area contributed by atoms with Gasteiger partial charge < -0.3 is 16.4 Å². The lowest BCUT2D eigenvalue weighted by Gasteiger charge is -2.14. The van der Waals surface area contributed by atoms with Gasteiger partial charge in [0.1, 0.15) is 6.04 Å². The van der Waals surface area contributed by atoms with Crippen LogP contribution < -0.4 is 16.4 Å². The highest BCUT2D eigenvalue weighted by Gasteiger charge is 2.11. The van der Waals surface area contributed by atoms with E-state index in [4.69, 9.17) is 5.73 Å². The van der Waals surface area contributed by atoms with Crippen molar-refractivity contribution in [2.75, 3.05) is 11.9 Å². The molecule has 2 amide bonds. The molecule has 1 rings (SSSR count). The van der Waals surface area contributed by atoms with Crippen molar-refractivity contribution in [3.63, 3.8) is 0 Å². The molecule has 92 valence electrons. The Kier molecular flexibility index (Phi) is 4.51. The van der Waals surface area contributed by atoms with Crippen LogP contribution >= 0.6 is 0 Å². The first kappa shape index (κ1) is 13.0. The zero-order valence-corrected chi connectivity index (χ0v) is 9.99. The zero-order chi connectivity index (χ0) is 12.8. The third kappa shape index (κ3) is 3.79. The highest BCUT2D eigenvalue weighted by molar-refractivity contribution is 5.93. The summed E-state index contributed by atoms with van der Waals surface area (Å²) in [6.07, 6.45) is 0. The molecule has 1 aromatic rings. The standard InChI is InChI=1S/C12H17N3O2/c1-3-14-12(17)8(2)15-10-6-4-9(5-7-10)11(13)16/h4-8,15H,3H2,1-2H3,(H2,13,16)(H,14,17). The molecule has 5 heteroatoms. The summed E-state index contributed by atoms with van der Waals surface area (Å²) < 4.78 is 0. The minimum absolute atomic E-state index is 0.0634. The normalized spacial score (nSPS) is 11.6. The molecule has 0 spiro atoms. The molecular formula is C12H17N3O2. The van der Waals surface area contributed by atoms with E-state index in [0.717, 1.165) is 5.69 Å². The van der Waals surface area contributed by atoms with Crippen molar-refractivity contribution >= 4 is 17.5 Å². The van der Waals surface area contributed by atoms with Gasteiger partial charge in [-0.1, -0.05) is 0 Å². The van der Waals surface area contributed by atoms with Crippen LogP contribution in [0.5, 0.6) is 0 Å². The molecule has 4 N–H and O–H groups in total. The van der Waals surface area contributed by atoms with E-state index < -0.39 is 5.91 Å². The summed E-state index contributed by atoms with van der Waals surface area (Å²) in [5.74, 6) is -0.528. The number of amides is 2. The molecule has 0 heterocycles. The summed E-state index contributed by atoms with van der Waals surface area (Å²) >= 11 is 0. The maximum atomic E-state index is 11.5. The van der Waals surface area contributed by atoms with Gasteiger partial charge in [0, 0.05) is 17.8 Å². The Balaban J connectivity index is 2.63. The highest BCUT2D eigenvalue weighted by Crippen LogP contribution is 2.10. The average Bonchev–Trinajstić information content (AvgIpc) is 2.30. The number of rotatable bonds is 5. The first-order valence-corrected chi connectivity index (χ1v) is 5.48. The van der Waals surface area contributed by atoms with Crippen molar-refractivity contribution in [2.45, 2.75) is 19.9 Å². The minimum atomic E-state index is -0.465. The predicted octanol–water partition coefficient (Wildman–Crippen LogP) is 0.722. The lowest BCUT2D eigenvalue weighted by atomic mass is 10.2. The quantitative estimate of drug-likeness (QED) is 0.703. The molecule has 0 saturated carbocycles. The maximum absolute atomic E-state index is 11.5. The monoisotopic (exact) mass is 235 g/mol. The van der Waals surface area contributed by atoms with Crippen molar-refractivity contribution in [1.82, 2.24) is 5.32 Å². The molecular weight excluding hydrogens is 218 g/mol. The Morgan fingerprint density at radius 3 is 2.35 bits per heavy atom. The molecule has 5 nitrogen and oxygen atoms in total. The van der Waals surface area contributed by atoms with Gasteiger partial charge in [0.2, 0.25) is 11.8 Å². The highest BCUT2D eigenvalue weighted by atomic mass is 16.2. The third-order valence-corrected chi connectivity index (χ3v) is 2.30. The summed E-state index contributed by atoms with van der Waals surface area (Å²) in [6.45, 7) is 4.24. The second-order valence-electron chi connectivity index (χ2n) is 3.70. The number of likely N-dealkylation sites (N-methyl/N-ethyl adjacent to an activating group) is 1. The third-order valence-electron chi connectivity index (χ3n) is 2.30. The van der Waals surface area contributed by atoms with Crippen LogP contribution in [-0.2, 0) is 4.79 Å². The number of primary amides is 1. The average molecular weight is 235 g/mol. The first-order chi connectivity index (χ1) is 8.04. The Morgan fingerprint density at radius 1 is 1.29 bits per heavy atom. The van der Waals surface area contributed by atoms with E-state index in [9.17, 15) is 9.59 Å². The van der Waals surface area contributed by atoms with Gasteiger partial charge in [-0.15, -0.1) is 0 Å². The predicted molar refractivity (Wildman–Crippen MR) is 66.7 cm³/mol. The number of nitrogens with two attached hydrogens (primary N) is 1. The number of carbonyl (C=O) groups excluding carboxylic acids is 2. The van der Waals surface area contributed by atoms with Gasteiger partial charge in [0.05, 0.1) is 0 Å². The lowest BCUT2D eigenvalue weighted by molar-refractivity contribution is -0.121. The van der Waals surface area contributed by atoms with Crippen LogP contribution in [-0.4, -0.2) is 24.4 Å². The molecule has 1 unspecified atom stereocenters. The van der Waals surface area contributed by atoms with Crippen LogP contribution in [0.3, 0.4) is 0 Å². The summed E-state index contributed by atoms with van der Waals surface area (Å²) in [4.78, 5) is 22.3. The largest absolute Gasteiger partial charge is 0.374 e. The van der Waals surface area contributed by atoms with E-state index in [1.165, 1.54) is 0 Å². The second-order valence-corrected chi connectivity index (χ2v) is 3.70. The van der Waals surface area contributed by atoms with E-state index >= 15 is 0 Å². The van der Waals surface area contributed by atoms with E-state index in [-0.39, 0.29) is 11.9 Å². The molecule has 1 aromatic carbocycles. The van der Waals surface area contributed by atoms with Gasteiger partial charge in [0.15, 0.2) is 0 Å². The van der Waals surface area contributed by atoms with E-state index in [2.05, 4.69) is 10.6 Å². The fourth-order valence-corrected chi connectivity index (χ4v) is 1.37. The number of nitrogens with one attached hydrogen (secondary N) is 2. The van der Waals surface area contributed by atoms with Crippen molar-refractivity contribution in [2.24, 2.45) is 5.73 Å². The van der Waals surface area contributed by atoms with Crippen LogP contribution in [0.1, 0.15) is 24.2 Å².